The van der Waals surface area contributed by atoms with E-state index in [2.05, 4.69) is 10.6 Å². The number of carbonyl (C=O) groups excluding carboxylic acids is 3. The van der Waals surface area contributed by atoms with Crippen LogP contribution in [0, 0.1) is 0 Å². The molecule has 1 atom stereocenters. The molecule has 1 unspecified atom stereocenters. The van der Waals surface area contributed by atoms with Gasteiger partial charge in [-0.15, -0.1) is 0 Å². The van der Waals surface area contributed by atoms with Crippen LogP contribution in [0.25, 0.3) is 0 Å². The Balaban J connectivity index is 1.54. The summed E-state index contributed by atoms with van der Waals surface area (Å²) in [5.41, 5.74) is 1.39. The van der Waals surface area contributed by atoms with Gasteiger partial charge in [0.25, 0.3) is 5.91 Å². The van der Waals surface area contributed by atoms with E-state index in [-0.39, 0.29) is 29.6 Å². The summed E-state index contributed by atoms with van der Waals surface area (Å²) in [5, 5.41) is 5.95. The molecule has 2 aromatic carbocycles. The summed E-state index contributed by atoms with van der Waals surface area (Å²) in [4.78, 5) is 38.9. The van der Waals surface area contributed by atoms with Crippen molar-refractivity contribution in [1.82, 2.24) is 15.5 Å². The number of hydrogen-bond acceptors (Lipinski definition) is 5. The van der Waals surface area contributed by atoms with E-state index in [9.17, 15) is 14.4 Å². The van der Waals surface area contributed by atoms with Gasteiger partial charge in [-0.25, -0.2) is 0 Å². The predicted octanol–water partition coefficient (Wildman–Crippen LogP) is 3.37. The van der Waals surface area contributed by atoms with E-state index in [1.165, 1.54) is 23.1 Å². The zero-order valence-corrected chi connectivity index (χ0v) is 20.0. The van der Waals surface area contributed by atoms with E-state index in [0.29, 0.717) is 29.6 Å². The molecule has 3 rings (SSSR count). The highest BCUT2D eigenvalue weighted by Gasteiger charge is 2.34. The summed E-state index contributed by atoms with van der Waals surface area (Å²) in [6.45, 7) is 0.923. The molecule has 2 aromatic rings. The third-order valence-electron chi connectivity index (χ3n) is 5.01. The minimum Gasteiger partial charge on any atom is -0.466 e. The normalized spacial score (nSPS) is 15.5. The number of aryl methyl sites for hydroxylation is 1. The monoisotopic (exact) mass is 507 g/mol. The molecule has 0 spiro atoms. The first-order valence-electron chi connectivity index (χ1n) is 10.4. The molecule has 0 aromatic heterocycles. The number of nitrogens with one attached hydrogen (secondary N) is 2. The molecule has 0 radical (unpaired) electrons. The van der Waals surface area contributed by atoms with Crippen molar-refractivity contribution >= 4 is 58.3 Å². The number of benzene rings is 2. The second-order valence-corrected chi connectivity index (χ2v) is 8.69. The van der Waals surface area contributed by atoms with Gasteiger partial charge in [0.1, 0.15) is 6.04 Å². The highest BCUT2D eigenvalue weighted by Crippen LogP contribution is 2.19. The number of piperazine rings is 1. The number of amides is 2. The van der Waals surface area contributed by atoms with Crippen LogP contribution in [0.1, 0.15) is 28.8 Å². The van der Waals surface area contributed by atoms with Crippen LogP contribution in [0.2, 0.25) is 10.0 Å². The van der Waals surface area contributed by atoms with Gasteiger partial charge in [0, 0.05) is 28.7 Å². The Morgan fingerprint density at radius 2 is 1.85 bits per heavy atom. The fourth-order valence-electron chi connectivity index (χ4n) is 3.41. The number of hydrogen-bond donors (Lipinski definition) is 2. The quantitative estimate of drug-likeness (QED) is 0.339. The number of carbonyl (C=O) groups is 3. The predicted molar refractivity (Wildman–Crippen MR) is 130 cm³/mol. The smallest absolute Gasteiger partial charge is 0.308 e. The third kappa shape index (κ3) is 7.42. The van der Waals surface area contributed by atoms with Gasteiger partial charge in [-0.1, -0.05) is 53.5 Å². The lowest BCUT2D eigenvalue weighted by atomic mass is 10.1. The first kappa shape index (κ1) is 25.0. The van der Waals surface area contributed by atoms with Gasteiger partial charge in [-0.2, -0.15) is 0 Å². The molecule has 10 heteroatoms. The fourth-order valence-corrected chi connectivity index (χ4v) is 4.25. The minimum atomic E-state index is -0.879. The van der Waals surface area contributed by atoms with Crippen molar-refractivity contribution in [2.45, 2.75) is 25.3 Å². The molecular formula is C23H23Cl2N3O4S. The molecule has 7 nitrogen and oxygen atoms in total. The van der Waals surface area contributed by atoms with Crippen LogP contribution < -0.4 is 10.6 Å². The Morgan fingerprint density at radius 1 is 1.15 bits per heavy atom. The standard InChI is InChI=1S/C23H23Cl2N3O4S/c24-17-11-16(12-18(25)13-17)21(30)27-23(33)28-9-8-26-22(31)19(28)14-20(29)32-10-4-7-15-5-2-1-3-6-15/h1-3,5-6,11-13,19H,4,7-10,14H2,(H,26,31)(H,27,30,33). The molecule has 1 saturated heterocycles. The van der Waals surface area contributed by atoms with Crippen LogP contribution in [-0.4, -0.2) is 53.5 Å². The van der Waals surface area contributed by atoms with Crippen molar-refractivity contribution in [2.75, 3.05) is 19.7 Å². The summed E-state index contributed by atoms with van der Waals surface area (Å²) in [7, 11) is 0. The van der Waals surface area contributed by atoms with Gasteiger partial charge in [0.15, 0.2) is 5.11 Å². The van der Waals surface area contributed by atoms with Crippen molar-refractivity contribution in [3.05, 3.63) is 69.7 Å². The second kappa shape index (κ2) is 12.0. The largest absolute Gasteiger partial charge is 0.466 e. The second-order valence-electron chi connectivity index (χ2n) is 7.43. The van der Waals surface area contributed by atoms with Crippen LogP contribution >= 0.6 is 35.4 Å². The Hall–Kier alpha value is -2.68. The Bertz CT molecular complexity index is 1020. The number of thiocarbonyl (C=S) groups is 1. The van der Waals surface area contributed by atoms with Crippen LogP contribution in [0.15, 0.2) is 48.5 Å². The number of ether oxygens (including phenoxy) is 1. The zero-order chi connectivity index (χ0) is 23.8. The Kier molecular flexibility index (Phi) is 9.05. The lowest BCUT2D eigenvalue weighted by Crippen LogP contribution is -2.60. The summed E-state index contributed by atoms with van der Waals surface area (Å²) in [6.07, 6.45) is 1.27. The molecule has 1 fully saturated rings. The Labute approximate surface area is 207 Å². The molecule has 174 valence electrons. The van der Waals surface area contributed by atoms with Crippen molar-refractivity contribution in [3.8, 4) is 0 Å². The van der Waals surface area contributed by atoms with Gasteiger partial charge in [0.2, 0.25) is 5.91 Å². The highest BCUT2D eigenvalue weighted by molar-refractivity contribution is 7.80. The van der Waals surface area contributed by atoms with Crippen LogP contribution in [0.3, 0.4) is 0 Å². The molecule has 1 aliphatic heterocycles. The minimum absolute atomic E-state index is 0.0350. The van der Waals surface area contributed by atoms with Crippen LogP contribution in [-0.2, 0) is 20.7 Å². The van der Waals surface area contributed by atoms with E-state index in [0.717, 1.165) is 12.0 Å². The lowest BCUT2D eigenvalue weighted by Gasteiger charge is -2.36. The summed E-state index contributed by atoms with van der Waals surface area (Å²) in [5.74, 6) is -1.38. The summed E-state index contributed by atoms with van der Waals surface area (Å²) < 4.78 is 5.31. The maximum atomic E-state index is 12.6. The number of halogens is 2. The Morgan fingerprint density at radius 3 is 2.55 bits per heavy atom. The van der Waals surface area contributed by atoms with Gasteiger partial charge in [0.05, 0.1) is 13.0 Å². The van der Waals surface area contributed by atoms with Crippen molar-refractivity contribution in [2.24, 2.45) is 0 Å². The molecular weight excluding hydrogens is 485 g/mol. The fraction of sp³-hybridized carbons (Fsp3) is 0.304. The number of esters is 1. The van der Waals surface area contributed by atoms with Gasteiger partial charge in [-0.3, -0.25) is 19.7 Å². The third-order valence-corrected chi connectivity index (χ3v) is 5.79. The van der Waals surface area contributed by atoms with Crippen molar-refractivity contribution in [1.29, 1.82) is 0 Å². The molecule has 1 aliphatic rings. The van der Waals surface area contributed by atoms with E-state index >= 15 is 0 Å². The first-order valence-corrected chi connectivity index (χ1v) is 11.5. The molecule has 1 heterocycles. The topological polar surface area (TPSA) is 87.7 Å². The average molecular weight is 508 g/mol. The van der Waals surface area contributed by atoms with Gasteiger partial charge >= 0.3 is 5.97 Å². The number of rotatable bonds is 7. The average Bonchev–Trinajstić information content (AvgIpc) is 2.78. The van der Waals surface area contributed by atoms with Crippen LogP contribution in [0.4, 0.5) is 0 Å². The van der Waals surface area contributed by atoms with E-state index in [1.54, 1.807) is 0 Å². The summed E-state index contributed by atoms with van der Waals surface area (Å²) in [6, 6.07) is 13.4. The SMILES string of the molecule is O=C(CC1C(=O)NCCN1C(=S)NC(=O)c1cc(Cl)cc(Cl)c1)OCCCc1ccccc1. The maximum absolute atomic E-state index is 12.6. The molecule has 2 N–H and O–H groups in total. The molecule has 0 bridgehead atoms. The van der Waals surface area contributed by atoms with Crippen LogP contribution in [0.5, 0.6) is 0 Å². The zero-order valence-electron chi connectivity index (χ0n) is 17.7. The van der Waals surface area contributed by atoms with Crippen molar-refractivity contribution < 1.29 is 19.1 Å². The van der Waals surface area contributed by atoms with E-state index in [1.807, 2.05) is 30.3 Å². The maximum Gasteiger partial charge on any atom is 0.308 e. The lowest BCUT2D eigenvalue weighted by molar-refractivity contribution is -0.147. The van der Waals surface area contributed by atoms with Gasteiger partial charge < -0.3 is 15.0 Å². The summed E-state index contributed by atoms with van der Waals surface area (Å²) >= 11 is 17.3. The molecule has 33 heavy (non-hydrogen) atoms. The molecule has 0 aliphatic carbocycles. The first-order chi connectivity index (χ1) is 15.8. The highest BCUT2D eigenvalue weighted by atomic mass is 35.5. The molecule has 0 saturated carbocycles. The van der Waals surface area contributed by atoms with Crippen molar-refractivity contribution in [3.63, 3.8) is 0 Å². The van der Waals surface area contributed by atoms with E-state index < -0.39 is 17.9 Å². The van der Waals surface area contributed by atoms with E-state index in [4.69, 9.17) is 40.2 Å². The number of nitrogens with zero attached hydrogens (tertiary/aromatic N) is 1. The van der Waals surface area contributed by atoms with Gasteiger partial charge in [-0.05, 0) is 48.8 Å². The molecule has 2 amide bonds.